The van der Waals surface area contributed by atoms with Crippen molar-refractivity contribution in [1.29, 1.82) is 0 Å². The van der Waals surface area contributed by atoms with Crippen LogP contribution in [-0.4, -0.2) is 19.8 Å². The molecule has 0 atom stereocenters. The van der Waals surface area contributed by atoms with Crippen LogP contribution in [-0.2, 0) is 6.42 Å². The fraction of sp³-hybridized carbons (Fsp3) is 0.0625. The molecule has 0 N–H and O–H groups in total. The minimum absolute atomic E-state index is 0.187. The molecule has 0 aliphatic heterocycles. The Hall–Kier alpha value is -2.38. The highest BCUT2D eigenvalue weighted by Crippen LogP contribution is 2.25. The van der Waals surface area contributed by atoms with Crippen molar-refractivity contribution in [2.45, 2.75) is 6.42 Å². The van der Waals surface area contributed by atoms with Gasteiger partial charge in [-0.25, -0.2) is 8.78 Å². The predicted molar refractivity (Wildman–Crippen MR) is 88.3 cm³/mol. The summed E-state index contributed by atoms with van der Waals surface area (Å²) in [6, 6.07) is 11.3. The van der Waals surface area contributed by atoms with Crippen LogP contribution in [0, 0.1) is 11.6 Å². The molecule has 4 rings (SSSR count). The summed E-state index contributed by atoms with van der Waals surface area (Å²) < 4.78 is 28.7. The van der Waals surface area contributed by atoms with Crippen LogP contribution in [0.5, 0.6) is 0 Å². The summed E-state index contributed by atoms with van der Waals surface area (Å²) in [5.74, 6) is -1.16. The molecule has 24 heavy (non-hydrogen) atoms. The molecule has 2 aromatic heterocycles. The summed E-state index contributed by atoms with van der Waals surface area (Å²) in [5, 5.41) is 13.8. The number of hydrogen-bond acceptors (Lipinski definition) is 4. The van der Waals surface area contributed by atoms with E-state index in [-0.39, 0.29) is 12.0 Å². The van der Waals surface area contributed by atoms with Gasteiger partial charge in [0.25, 0.3) is 0 Å². The van der Waals surface area contributed by atoms with E-state index in [1.807, 2.05) is 12.1 Å². The van der Waals surface area contributed by atoms with E-state index < -0.39 is 11.6 Å². The van der Waals surface area contributed by atoms with E-state index in [0.717, 1.165) is 11.6 Å². The summed E-state index contributed by atoms with van der Waals surface area (Å²) >= 11 is 7.29. The van der Waals surface area contributed by atoms with Crippen molar-refractivity contribution in [2.24, 2.45) is 0 Å². The number of rotatable bonds is 3. The Balaban J connectivity index is 1.73. The van der Waals surface area contributed by atoms with Gasteiger partial charge < -0.3 is 0 Å². The minimum atomic E-state index is -0.866. The second kappa shape index (κ2) is 5.92. The maximum atomic E-state index is 13.8. The Morgan fingerprint density at radius 3 is 2.75 bits per heavy atom. The fourth-order valence-corrected chi connectivity index (χ4v) is 3.43. The largest absolute Gasteiger partial charge is 0.234 e. The van der Waals surface area contributed by atoms with Crippen molar-refractivity contribution >= 4 is 27.9 Å². The third kappa shape index (κ3) is 2.65. The zero-order valence-corrected chi connectivity index (χ0v) is 13.7. The molecule has 2 heterocycles. The van der Waals surface area contributed by atoms with E-state index in [2.05, 4.69) is 15.3 Å². The number of aromatic nitrogens is 4. The van der Waals surface area contributed by atoms with Crippen molar-refractivity contribution in [3.63, 3.8) is 0 Å². The Morgan fingerprint density at radius 2 is 1.92 bits per heavy atom. The van der Waals surface area contributed by atoms with Gasteiger partial charge in [0.2, 0.25) is 4.96 Å². The Kier molecular flexibility index (Phi) is 3.74. The SMILES string of the molecule is Fc1cccc(Cc2nn3c(-c4cccc(Cl)c4)nnc3s2)c1F. The van der Waals surface area contributed by atoms with E-state index in [0.29, 0.717) is 20.8 Å². The van der Waals surface area contributed by atoms with Gasteiger partial charge in [0.05, 0.1) is 0 Å². The molecule has 2 aromatic carbocycles. The Morgan fingerprint density at radius 1 is 1.08 bits per heavy atom. The molecule has 0 unspecified atom stereocenters. The number of fused-ring (bicyclic) bond motifs is 1. The first-order valence-electron chi connectivity index (χ1n) is 7.02. The summed E-state index contributed by atoms with van der Waals surface area (Å²) in [4.78, 5) is 0.580. The van der Waals surface area contributed by atoms with Crippen LogP contribution in [0.3, 0.4) is 0 Å². The van der Waals surface area contributed by atoms with Gasteiger partial charge in [-0.15, -0.1) is 10.2 Å². The molecule has 8 heteroatoms. The average molecular weight is 363 g/mol. The monoisotopic (exact) mass is 362 g/mol. The van der Waals surface area contributed by atoms with Crippen LogP contribution in [0.25, 0.3) is 16.3 Å². The van der Waals surface area contributed by atoms with Gasteiger partial charge in [-0.05, 0) is 23.8 Å². The summed E-state index contributed by atoms with van der Waals surface area (Å²) in [5.41, 5.74) is 1.04. The lowest BCUT2D eigenvalue weighted by Crippen LogP contribution is -1.97. The molecule has 0 spiro atoms. The van der Waals surface area contributed by atoms with Crippen LogP contribution >= 0.6 is 22.9 Å². The Bertz CT molecular complexity index is 1040. The predicted octanol–water partition coefficient (Wildman–Crippen LogP) is 4.38. The molecule has 0 saturated heterocycles. The first kappa shape index (κ1) is 15.2. The number of benzene rings is 2. The molecule has 0 bridgehead atoms. The highest BCUT2D eigenvalue weighted by Gasteiger charge is 2.16. The Labute approximate surface area is 144 Å². The van der Waals surface area contributed by atoms with Crippen LogP contribution in [0.1, 0.15) is 10.6 Å². The molecule has 0 aliphatic rings. The standard InChI is InChI=1S/C16H9ClF2N4S/c17-11-5-1-4-10(7-11)15-20-21-16-23(15)22-13(24-16)8-9-3-2-6-12(18)14(9)19/h1-7H,8H2. The van der Waals surface area contributed by atoms with Crippen LogP contribution < -0.4 is 0 Å². The normalized spacial score (nSPS) is 11.3. The summed E-state index contributed by atoms with van der Waals surface area (Å²) in [6.45, 7) is 0. The van der Waals surface area contributed by atoms with Crippen molar-refractivity contribution in [2.75, 3.05) is 0 Å². The van der Waals surface area contributed by atoms with E-state index in [1.54, 1.807) is 22.7 Å². The van der Waals surface area contributed by atoms with Crippen molar-refractivity contribution in [3.8, 4) is 11.4 Å². The molecule has 120 valence electrons. The topological polar surface area (TPSA) is 43.1 Å². The maximum absolute atomic E-state index is 13.8. The molecule has 0 amide bonds. The molecule has 4 aromatic rings. The van der Waals surface area contributed by atoms with E-state index >= 15 is 0 Å². The highest BCUT2D eigenvalue weighted by atomic mass is 35.5. The van der Waals surface area contributed by atoms with Gasteiger partial charge in [0, 0.05) is 17.0 Å². The van der Waals surface area contributed by atoms with Crippen LogP contribution in [0.4, 0.5) is 8.78 Å². The smallest absolute Gasteiger partial charge is 0.204 e. The molecular weight excluding hydrogens is 354 g/mol. The quantitative estimate of drug-likeness (QED) is 0.543. The molecule has 4 nitrogen and oxygen atoms in total. The minimum Gasteiger partial charge on any atom is -0.204 e. The lowest BCUT2D eigenvalue weighted by Gasteiger charge is -2.01. The van der Waals surface area contributed by atoms with Gasteiger partial charge in [-0.2, -0.15) is 9.61 Å². The second-order valence-electron chi connectivity index (χ2n) is 5.11. The second-order valence-corrected chi connectivity index (χ2v) is 6.59. The van der Waals surface area contributed by atoms with Crippen molar-refractivity contribution < 1.29 is 8.78 Å². The molecule has 0 aliphatic carbocycles. The lowest BCUT2D eigenvalue weighted by atomic mass is 10.1. The molecule has 0 saturated carbocycles. The molecular formula is C16H9ClF2N4S. The van der Waals surface area contributed by atoms with Crippen LogP contribution in [0.2, 0.25) is 5.02 Å². The van der Waals surface area contributed by atoms with E-state index in [4.69, 9.17) is 11.6 Å². The number of nitrogens with zero attached hydrogens (tertiary/aromatic N) is 4. The average Bonchev–Trinajstić information content (AvgIpc) is 3.11. The summed E-state index contributed by atoms with van der Waals surface area (Å²) in [7, 11) is 0. The van der Waals surface area contributed by atoms with Gasteiger partial charge >= 0.3 is 0 Å². The van der Waals surface area contributed by atoms with Gasteiger partial charge in [-0.3, -0.25) is 0 Å². The van der Waals surface area contributed by atoms with Crippen LogP contribution in [0.15, 0.2) is 42.5 Å². The highest BCUT2D eigenvalue weighted by molar-refractivity contribution is 7.16. The fourth-order valence-electron chi connectivity index (χ4n) is 2.38. The molecule has 0 fully saturated rings. The first-order chi connectivity index (χ1) is 11.6. The van der Waals surface area contributed by atoms with Gasteiger partial charge in [-0.1, -0.05) is 47.2 Å². The van der Waals surface area contributed by atoms with Crippen molar-refractivity contribution in [1.82, 2.24) is 19.8 Å². The third-order valence-corrected chi connectivity index (χ3v) is 4.62. The summed E-state index contributed by atoms with van der Waals surface area (Å²) in [6.07, 6.45) is 0.187. The lowest BCUT2D eigenvalue weighted by molar-refractivity contribution is 0.500. The first-order valence-corrected chi connectivity index (χ1v) is 8.21. The maximum Gasteiger partial charge on any atom is 0.234 e. The number of halogens is 3. The van der Waals surface area contributed by atoms with E-state index in [9.17, 15) is 8.78 Å². The van der Waals surface area contributed by atoms with E-state index in [1.165, 1.54) is 17.4 Å². The third-order valence-electron chi connectivity index (χ3n) is 3.49. The zero-order chi connectivity index (χ0) is 16.7. The van der Waals surface area contributed by atoms with Gasteiger partial charge in [0.15, 0.2) is 17.5 Å². The van der Waals surface area contributed by atoms with Crippen molar-refractivity contribution in [3.05, 3.63) is 69.7 Å². The number of hydrogen-bond donors (Lipinski definition) is 0. The van der Waals surface area contributed by atoms with Gasteiger partial charge in [0.1, 0.15) is 5.01 Å². The zero-order valence-electron chi connectivity index (χ0n) is 12.1. The molecule has 0 radical (unpaired) electrons.